The molecule has 8 nitrogen and oxygen atoms in total. The van der Waals surface area contributed by atoms with Crippen molar-refractivity contribution in [2.45, 2.75) is 19.8 Å². The van der Waals surface area contributed by atoms with Crippen molar-refractivity contribution in [3.63, 3.8) is 0 Å². The molecule has 2 aromatic heterocycles. The van der Waals surface area contributed by atoms with E-state index in [1.54, 1.807) is 49.2 Å². The number of hydrogen-bond acceptors (Lipinski definition) is 7. The van der Waals surface area contributed by atoms with Crippen LogP contribution in [0.2, 0.25) is 0 Å². The Morgan fingerprint density at radius 3 is 2.33 bits per heavy atom. The number of carbonyl (C=O) groups is 1. The number of methoxy groups -OCH3 is 4. The summed E-state index contributed by atoms with van der Waals surface area (Å²) in [6.07, 6.45) is 5.08. The predicted octanol–water partition coefficient (Wildman–Crippen LogP) is 3.42. The minimum atomic E-state index is -0.491. The Kier molecular flexibility index (Phi) is 6.56. The van der Waals surface area contributed by atoms with Crippen molar-refractivity contribution >= 4 is 23.3 Å². The molecule has 0 bridgehead atoms. The topological polar surface area (TPSA) is 84.2 Å². The Labute approximate surface area is 175 Å². The van der Waals surface area contributed by atoms with E-state index in [-0.39, 0.29) is 0 Å². The van der Waals surface area contributed by atoms with Crippen LogP contribution in [-0.2, 0) is 16.0 Å². The summed E-state index contributed by atoms with van der Waals surface area (Å²) < 4.78 is 22.9. The molecule has 0 radical (unpaired) electrons. The molecule has 158 valence electrons. The molecule has 0 N–H and O–H groups in total. The molecule has 0 aliphatic carbocycles. The van der Waals surface area contributed by atoms with Crippen LogP contribution in [0.15, 0.2) is 30.5 Å². The molecule has 2 heterocycles. The van der Waals surface area contributed by atoms with E-state index in [0.717, 1.165) is 18.5 Å². The fourth-order valence-electron chi connectivity index (χ4n) is 3.24. The summed E-state index contributed by atoms with van der Waals surface area (Å²) in [5, 5.41) is 4.33. The highest BCUT2D eigenvalue weighted by Crippen LogP contribution is 2.39. The van der Waals surface area contributed by atoms with Gasteiger partial charge in [0.25, 0.3) is 0 Å². The van der Waals surface area contributed by atoms with Crippen LogP contribution < -0.4 is 14.2 Å². The number of fused-ring (bicyclic) bond motifs is 1. The predicted molar refractivity (Wildman–Crippen MR) is 113 cm³/mol. The summed E-state index contributed by atoms with van der Waals surface area (Å²) in [4.78, 5) is 17.3. The largest absolute Gasteiger partial charge is 0.493 e. The smallest absolute Gasteiger partial charge is 0.340 e. The molecule has 3 rings (SSSR count). The van der Waals surface area contributed by atoms with E-state index >= 15 is 0 Å². The van der Waals surface area contributed by atoms with Crippen LogP contribution in [0, 0.1) is 0 Å². The molecule has 0 unspecified atom stereocenters. The first-order valence-corrected chi connectivity index (χ1v) is 9.50. The second kappa shape index (κ2) is 9.30. The van der Waals surface area contributed by atoms with Gasteiger partial charge in [0.2, 0.25) is 5.75 Å². The van der Waals surface area contributed by atoms with Gasteiger partial charge in [-0.1, -0.05) is 13.3 Å². The number of aryl methyl sites for hydroxylation is 1. The third-order valence-electron chi connectivity index (χ3n) is 4.60. The van der Waals surface area contributed by atoms with Crippen LogP contribution in [0.5, 0.6) is 17.2 Å². The monoisotopic (exact) mass is 411 g/mol. The average molecular weight is 411 g/mol. The Morgan fingerprint density at radius 1 is 1.07 bits per heavy atom. The van der Waals surface area contributed by atoms with E-state index in [1.165, 1.54) is 14.2 Å². The number of benzene rings is 1. The van der Waals surface area contributed by atoms with E-state index in [1.807, 2.05) is 6.07 Å². The summed E-state index contributed by atoms with van der Waals surface area (Å²) in [5.41, 5.74) is 3.14. The second-order valence-electron chi connectivity index (χ2n) is 6.49. The minimum Gasteiger partial charge on any atom is -0.493 e. The van der Waals surface area contributed by atoms with Crippen molar-refractivity contribution in [3.05, 3.63) is 47.4 Å². The maximum atomic E-state index is 12.7. The Hall–Kier alpha value is -3.55. The van der Waals surface area contributed by atoms with Crippen LogP contribution in [0.4, 0.5) is 0 Å². The van der Waals surface area contributed by atoms with Crippen LogP contribution in [0.25, 0.3) is 17.3 Å². The lowest BCUT2D eigenvalue weighted by molar-refractivity contribution is -0.133. The molecular formula is C22H25N3O5. The fraction of sp³-hybridized carbons (Fsp3) is 0.318. The summed E-state index contributed by atoms with van der Waals surface area (Å²) in [6.45, 7) is 2.08. The zero-order valence-corrected chi connectivity index (χ0v) is 17.8. The molecule has 0 aliphatic heterocycles. The van der Waals surface area contributed by atoms with E-state index < -0.39 is 5.97 Å². The first kappa shape index (κ1) is 21.2. The van der Waals surface area contributed by atoms with Crippen molar-refractivity contribution in [2.24, 2.45) is 0 Å². The third kappa shape index (κ3) is 4.07. The molecule has 0 fully saturated rings. The van der Waals surface area contributed by atoms with Gasteiger partial charge >= 0.3 is 5.97 Å². The van der Waals surface area contributed by atoms with Crippen molar-refractivity contribution in [1.82, 2.24) is 14.6 Å². The van der Waals surface area contributed by atoms with Gasteiger partial charge in [0, 0.05) is 11.8 Å². The van der Waals surface area contributed by atoms with Gasteiger partial charge in [0.15, 0.2) is 17.1 Å². The van der Waals surface area contributed by atoms with Gasteiger partial charge in [-0.05, 0) is 36.3 Å². The number of hydrogen-bond donors (Lipinski definition) is 0. The van der Waals surface area contributed by atoms with Gasteiger partial charge in [-0.2, -0.15) is 5.10 Å². The molecule has 0 saturated heterocycles. The molecule has 0 amide bonds. The Balaban J connectivity index is 2.24. The standard InChI is InChI=1S/C22H25N3O5/c1-6-7-15-13-17(25-20(24-15)8-9-23-25)16(22(26)30-5)10-14-11-18(27-2)21(29-4)19(12-14)28-3/h8-13H,6-7H2,1-5H3/b16-10-. The number of rotatable bonds is 8. The summed E-state index contributed by atoms with van der Waals surface area (Å²) in [6, 6.07) is 7.19. The fourth-order valence-corrected chi connectivity index (χ4v) is 3.24. The molecular weight excluding hydrogens is 386 g/mol. The molecule has 0 saturated carbocycles. The zero-order chi connectivity index (χ0) is 21.7. The second-order valence-corrected chi connectivity index (χ2v) is 6.49. The number of nitrogens with zero attached hydrogens (tertiary/aromatic N) is 3. The number of esters is 1. The number of ether oxygens (including phenoxy) is 4. The van der Waals surface area contributed by atoms with Crippen molar-refractivity contribution in [3.8, 4) is 17.2 Å². The summed E-state index contributed by atoms with van der Waals surface area (Å²) in [5.74, 6) is 0.950. The molecule has 0 spiro atoms. The summed E-state index contributed by atoms with van der Waals surface area (Å²) >= 11 is 0. The molecule has 0 atom stereocenters. The minimum absolute atomic E-state index is 0.334. The lowest BCUT2D eigenvalue weighted by Crippen LogP contribution is -2.10. The van der Waals surface area contributed by atoms with Crippen molar-refractivity contribution in [2.75, 3.05) is 28.4 Å². The lowest BCUT2D eigenvalue weighted by atomic mass is 10.1. The number of carbonyl (C=O) groups excluding carboxylic acids is 1. The van der Waals surface area contributed by atoms with E-state index in [9.17, 15) is 4.79 Å². The molecule has 3 aromatic rings. The van der Waals surface area contributed by atoms with Crippen LogP contribution >= 0.6 is 0 Å². The first-order chi connectivity index (χ1) is 14.6. The van der Waals surface area contributed by atoms with Gasteiger partial charge in [-0.15, -0.1) is 0 Å². The van der Waals surface area contributed by atoms with Gasteiger partial charge in [0.05, 0.1) is 45.9 Å². The quantitative estimate of drug-likeness (QED) is 0.415. The maximum absolute atomic E-state index is 12.7. The van der Waals surface area contributed by atoms with Crippen molar-refractivity contribution < 1.29 is 23.7 Å². The third-order valence-corrected chi connectivity index (χ3v) is 4.60. The molecule has 8 heteroatoms. The highest BCUT2D eigenvalue weighted by molar-refractivity contribution is 6.21. The van der Waals surface area contributed by atoms with Crippen LogP contribution in [0.3, 0.4) is 0 Å². The average Bonchev–Trinajstić information content (AvgIpc) is 3.24. The Bertz CT molecular complexity index is 1060. The highest BCUT2D eigenvalue weighted by atomic mass is 16.5. The molecule has 30 heavy (non-hydrogen) atoms. The van der Waals surface area contributed by atoms with E-state index in [4.69, 9.17) is 18.9 Å². The van der Waals surface area contributed by atoms with Crippen LogP contribution in [-0.4, -0.2) is 49.0 Å². The molecule has 1 aromatic carbocycles. The summed E-state index contributed by atoms with van der Waals surface area (Å²) in [7, 11) is 5.97. The normalized spacial score (nSPS) is 11.4. The van der Waals surface area contributed by atoms with E-state index in [0.29, 0.717) is 39.7 Å². The van der Waals surface area contributed by atoms with Crippen LogP contribution in [0.1, 0.15) is 30.3 Å². The molecule has 0 aliphatic rings. The van der Waals surface area contributed by atoms with Gasteiger partial charge < -0.3 is 18.9 Å². The maximum Gasteiger partial charge on any atom is 0.340 e. The van der Waals surface area contributed by atoms with Gasteiger partial charge in [-0.3, -0.25) is 0 Å². The van der Waals surface area contributed by atoms with Gasteiger partial charge in [-0.25, -0.2) is 14.3 Å². The lowest BCUT2D eigenvalue weighted by Gasteiger charge is -2.14. The van der Waals surface area contributed by atoms with Crippen molar-refractivity contribution in [1.29, 1.82) is 0 Å². The van der Waals surface area contributed by atoms with E-state index in [2.05, 4.69) is 17.0 Å². The zero-order valence-electron chi connectivity index (χ0n) is 17.8. The number of aromatic nitrogens is 3. The highest BCUT2D eigenvalue weighted by Gasteiger charge is 2.20. The Morgan fingerprint density at radius 2 is 1.77 bits per heavy atom. The van der Waals surface area contributed by atoms with Gasteiger partial charge in [0.1, 0.15) is 0 Å². The SMILES string of the molecule is CCCc1cc(/C(=C/c2cc(OC)c(OC)c(OC)c2)C(=O)OC)n2nccc2n1. The first-order valence-electron chi connectivity index (χ1n) is 9.50.